The number of hydrogen-bond donors (Lipinski definition) is 3. The van der Waals surface area contributed by atoms with Crippen molar-refractivity contribution < 1.29 is 41.4 Å². The molecule has 4 aromatic rings. The smallest absolute Gasteiger partial charge is 0.397 e. The number of hydrogen-bond acceptors (Lipinski definition) is 8. The highest BCUT2D eigenvalue weighted by Crippen LogP contribution is 2.68. The summed E-state index contributed by atoms with van der Waals surface area (Å²) in [5.74, 6) is 0.579. The van der Waals surface area contributed by atoms with E-state index in [9.17, 15) is 32.5 Å². The third-order valence-corrected chi connectivity index (χ3v) is 15.6. The molecule has 4 aliphatic carbocycles. The Morgan fingerprint density at radius 2 is 1.55 bits per heavy atom. The van der Waals surface area contributed by atoms with Crippen LogP contribution in [0.25, 0.3) is 32.3 Å². The van der Waals surface area contributed by atoms with E-state index in [0.717, 1.165) is 64.4 Å². The fraction of sp³-hybridized carbons (Fsp3) is 0.568. The van der Waals surface area contributed by atoms with Gasteiger partial charge in [0.2, 0.25) is 11.7 Å². The Balaban J connectivity index is 0.823. The maximum absolute atomic E-state index is 13.3. The van der Waals surface area contributed by atoms with Crippen molar-refractivity contribution in [2.24, 2.45) is 46.3 Å². The van der Waals surface area contributed by atoms with Gasteiger partial charge in [0.25, 0.3) is 0 Å². The summed E-state index contributed by atoms with van der Waals surface area (Å²) in [7, 11) is -4.52. The number of fused-ring (bicyclic) bond motifs is 5. The van der Waals surface area contributed by atoms with Gasteiger partial charge >= 0.3 is 16.4 Å². The molecule has 294 valence electrons. The molecule has 0 saturated heterocycles. The standard InChI is InChI=1S/C44H53NO9S/c1-25(33-14-15-34-42-35(18-20-44(33,34)3)43(2)19-17-30(54-55(50,51)52)21-29(43)22-36(42)46)7-16-38(48)45-23-39(49)53-24-37(47)31-12-10-28-9-8-26-5-4-6-27-11-13-32(31)41(28)40(26)27/h4-6,8-13,25,29-30,33-36,42,46H,7,14-24H2,1-3H3,(H,45,48)(H,50,51,52)/t25-,29+,30-,33-,34+,35+,36-,42+,43+,44-/m1/s1. The molecule has 0 aromatic heterocycles. The second kappa shape index (κ2) is 14.4. The number of Topliss-reactive ketones (excluding diaryl/α,β-unsaturated/α-hetero) is 1. The topological polar surface area (TPSA) is 156 Å². The SMILES string of the molecule is C[C@H](CCC(=O)NCC(=O)OCC(=O)c1ccc2ccc3cccc4ccc1c2c34)[C@H]1CC[C@H]2[C@@H]3[C@H](O)C[C@@H]4C[C@H](OS(=O)(=O)O)CC[C@]4(C)[C@H]3CC[C@]12C. The second-order valence-corrected chi connectivity index (χ2v) is 18.8. The lowest BCUT2D eigenvalue weighted by Crippen LogP contribution is -2.58. The first kappa shape index (κ1) is 38.2. The number of carbonyl (C=O) groups is 3. The molecule has 0 spiro atoms. The molecule has 3 N–H and O–H groups in total. The lowest BCUT2D eigenvalue weighted by molar-refractivity contribution is -0.172. The van der Waals surface area contributed by atoms with Gasteiger partial charge in [0.15, 0.2) is 6.61 Å². The number of ketones is 1. The summed E-state index contributed by atoms with van der Waals surface area (Å²) < 4.78 is 42.4. The van der Waals surface area contributed by atoms with E-state index >= 15 is 0 Å². The highest BCUT2D eigenvalue weighted by atomic mass is 32.3. The zero-order chi connectivity index (χ0) is 38.9. The van der Waals surface area contributed by atoms with Crippen LogP contribution in [0.1, 0.15) is 95.3 Å². The molecule has 11 heteroatoms. The molecule has 0 bridgehead atoms. The highest BCUT2D eigenvalue weighted by molar-refractivity contribution is 7.80. The van der Waals surface area contributed by atoms with Crippen molar-refractivity contribution in [3.8, 4) is 0 Å². The molecule has 4 saturated carbocycles. The van der Waals surface area contributed by atoms with Gasteiger partial charge in [-0.25, -0.2) is 4.18 Å². The minimum absolute atomic E-state index is 0.00980. The van der Waals surface area contributed by atoms with E-state index in [1.54, 1.807) is 6.07 Å². The predicted molar refractivity (Wildman–Crippen MR) is 210 cm³/mol. The van der Waals surface area contributed by atoms with Crippen molar-refractivity contribution in [2.75, 3.05) is 13.2 Å². The van der Waals surface area contributed by atoms with Crippen LogP contribution in [-0.4, -0.2) is 61.1 Å². The van der Waals surface area contributed by atoms with Crippen molar-refractivity contribution in [1.82, 2.24) is 5.32 Å². The summed E-state index contributed by atoms with van der Waals surface area (Å²) >= 11 is 0. The second-order valence-electron chi connectivity index (χ2n) is 17.8. The molecule has 10 atom stereocenters. The van der Waals surface area contributed by atoms with Crippen LogP contribution in [0.2, 0.25) is 0 Å². The first-order valence-electron chi connectivity index (χ1n) is 20.1. The van der Waals surface area contributed by atoms with Gasteiger partial charge in [-0.15, -0.1) is 0 Å². The summed E-state index contributed by atoms with van der Waals surface area (Å²) in [5.41, 5.74) is 0.544. The molecule has 0 aliphatic heterocycles. The molecule has 8 rings (SSSR count). The first-order chi connectivity index (χ1) is 26.2. The van der Waals surface area contributed by atoms with Gasteiger partial charge in [0.1, 0.15) is 6.54 Å². The average molecular weight is 772 g/mol. The van der Waals surface area contributed by atoms with Crippen LogP contribution in [0.3, 0.4) is 0 Å². The molecule has 4 aliphatic rings. The molecule has 1 amide bonds. The van der Waals surface area contributed by atoms with Gasteiger partial charge in [-0.1, -0.05) is 75.4 Å². The van der Waals surface area contributed by atoms with Crippen molar-refractivity contribution in [1.29, 1.82) is 0 Å². The zero-order valence-electron chi connectivity index (χ0n) is 32.0. The largest absolute Gasteiger partial charge is 0.456 e. The lowest BCUT2D eigenvalue weighted by atomic mass is 9.43. The average Bonchev–Trinajstić information content (AvgIpc) is 3.51. The van der Waals surface area contributed by atoms with E-state index in [0.29, 0.717) is 49.0 Å². The third-order valence-electron chi connectivity index (χ3n) is 15.1. The van der Waals surface area contributed by atoms with Gasteiger partial charge in [-0.05, 0) is 136 Å². The quantitative estimate of drug-likeness (QED) is 0.0603. The summed E-state index contributed by atoms with van der Waals surface area (Å²) in [4.78, 5) is 38.8. The van der Waals surface area contributed by atoms with Crippen molar-refractivity contribution in [2.45, 2.75) is 97.2 Å². The van der Waals surface area contributed by atoms with E-state index in [2.05, 4.69) is 50.4 Å². The molecular weight excluding hydrogens is 719 g/mol. The van der Waals surface area contributed by atoms with E-state index in [4.69, 9.17) is 8.92 Å². The van der Waals surface area contributed by atoms with Crippen LogP contribution in [0, 0.1) is 46.3 Å². The number of nitrogens with one attached hydrogen (secondary N) is 1. The maximum atomic E-state index is 13.3. The van der Waals surface area contributed by atoms with Gasteiger partial charge in [0.05, 0.1) is 12.2 Å². The minimum Gasteiger partial charge on any atom is -0.456 e. The molecule has 4 aromatic carbocycles. The normalized spacial score (nSPS) is 32.5. The van der Waals surface area contributed by atoms with Gasteiger partial charge < -0.3 is 15.2 Å². The van der Waals surface area contributed by atoms with Crippen molar-refractivity contribution >= 4 is 60.4 Å². The maximum Gasteiger partial charge on any atom is 0.397 e. The van der Waals surface area contributed by atoms with E-state index in [1.807, 2.05) is 24.3 Å². The van der Waals surface area contributed by atoms with Crippen LogP contribution >= 0.6 is 0 Å². The Labute approximate surface area is 323 Å². The van der Waals surface area contributed by atoms with Crippen LogP contribution in [0.5, 0.6) is 0 Å². The number of ether oxygens (including phenoxy) is 1. The molecule has 0 unspecified atom stereocenters. The molecule has 10 nitrogen and oxygen atoms in total. The number of esters is 1. The third kappa shape index (κ3) is 6.93. The monoisotopic (exact) mass is 771 g/mol. The van der Waals surface area contributed by atoms with Crippen LogP contribution < -0.4 is 5.32 Å². The Bertz CT molecular complexity index is 2220. The van der Waals surface area contributed by atoms with Crippen molar-refractivity contribution in [3.63, 3.8) is 0 Å². The number of benzene rings is 4. The Morgan fingerprint density at radius 3 is 2.29 bits per heavy atom. The van der Waals surface area contributed by atoms with Crippen molar-refractivity contribution in [3.05, 3.63) is 60.2 Å². The lowest BCUT2D eigenvalue weighted by Gasteiger charge is -2.62. The first-order valence-corrected chi connectivity index (χ1v) is 21.5. The van der Waals surface area contributed by atoms with Gasteiger partial charge in [-0.3, -0.25) is 18.9 Å². The Kier molecular flexibility index (Phi) is 10.0. The van der Waals surface area contributed by atoms with Crippen LogP contribution in [-0.2, 0) is 28.9 Å². The summed E-state index contributed by atoms with van der Waals surface area (Å²) in [5, 5.41) is 20.6. The summed E-state index contributed by atoms with van der Waals surface area (Å²) in [6.07, 6.45) is 6.66. The van der Waals surface area contributed by atoms with E-state index < -0.39 is 35.2 Å². The number of rotatable bonds is 11. The fourth-order valence-electron chi connectivity index (χ4n) is 12.5. The summed E-state index contributed by atoms with van der Waals surface area (Å²) in [6, 6.07) is 18.0. The van der Waals surface area contributed by atoms with Crippen LogP contribution in [0.15, 0.2) is 54.6 Å². The number of amides is 1. The van der Waals surface area contributed by atoms with Gasteiger partial charge in [0, 0.05) is 12.0 Å². The molecule has 4 fully saturated rings. The molecular formula is C44H53NO9S. The number of aliphatic hydroxyl groups excluding tert-OH is 1. The zero-order valence-corrected chi connectivity index (χ0v) is 32.8. The van der Waals surface area contributed by atoms with Crippen LogP contribution in [0.4, 0.5) is 0 Å². The van der Waals surface area contributed by atoms with E-state index in [1.165, 1.54) is 0 Å². The summed E-state index contributed by atoms with van der Waals surface area (Å²) in [6.45, 7) is 6.23. The molecule has 0 heterocycles. The minimum atomic E-state index is -4.52. The Morgan fingerprint density at radius 1 is 0.873 bits per heavy atom. The van der Waals surface area contributed by atoms with E-state index in [-0.39, 0.29) is 53.2 Å². The molecule has 55 heavy (non-hydrogen) atoms. The Hall–Kier alpha value is -3.64. The number of carbonyl (C=O) groups excluding carboxylic acids is 3. The van der Waals surface area contributed by atoms with Gasteiger partial charge in [-0.2, -0.15) is 8.42 Å². The number of aliphatic hydroxyl groups is 1. The highest BCUT2D eigenvalue weighted by Gasteiger charge is 2.63. The fourth-order valence-corrected chi connectivity index (χ4v) is 13.0. The predicted octanol–water partition coefficient (Wildman–Crippen LogP) is 7.66. The molecule has 0 radical (unpaired) electrons.